The van der Waals surface area contributed by atoms with Crippen LogP contribution >= 0.6 is 23.1 Å². The zero-order chi connectivity index (χ0) is 29.4. The highest BCUT2D eigenvalue weighted by molar-refractivity contribution is 7.13. The molecule has 0 saturated carbocycles. The largest absolute Gasteiger partial charge is 0.444 e. The van der Waals surface area contributed by atoms with Crippen LogP contribution in [0.2, 0.25) is 5.02 Å². The number of aromatic nitrogens is 1. The lowest BCUT2D eigenvalue weighted by Crippen LogP contribution is -2.47. The maximum absolute atomic E-state index is 12.8. The smallest absolute Gasteiger partial charge is 0.308 e. The third kappa shape index (κ3) is 7.22. The predicted molar refractivity (Wildman–Crippen MR) is 168 cm³/mol. The van der Waals surface area contributed by atoms with Gasteiger partial charge in [-0.3, -0.25) is 19.4 Å². The van der Waals surface area contributed by atoms with Crippen LogP contribution in [0.5, 0.6) is 0 Å². The molecule has 2 aliphatic rings. The molecule has 1 fully saturated rings. The van der Waals surface area contributed by atoms with E-state index in [9.17, 15) is 9.59 Å². The minimum Gasteiger partial charge on any atom is -0.444 e. The average Bonchev–Trinajstić information content (AvgIpc) is 3.45. The van der Waals surface area contributed by atoms with Crippen molar-refractivity contribution >= 4 is 56.6 Å². The van der Waals surface area contributed by atoms with Crippen molar-refractivity contribution in [3.63, 3.8) is 0 Å². The minimum absolute atomic E-state index is 0.0688. The summed E-state index contributed by atoms with van der Waals surface area (Å²) in [5, 5.41) is 1.88. The number of hydrogen-bond donors (Lipinski definition) is 0. The summed E-state index contributed by atoms with van der Waals surface area (Å²) in [7, 11) is 0. The molecule has 9 heteroatoms. The van der Waals surface area contributed by atoms with E-state index in [4.69, 9.17) is 20.7 Å². The average molecular weight is 597 g/mol. The number of anilines is 2. The Morgan fingerprint density at radius 3 is 2.54 bits per heavy atom. The number of carbonyl (C=O) groups excluding carboxylic acids is 2. The highest BCUT2D eigenvalue weighted by Gasteiger charge is 2.32. The Morgan fingerprint density at radius 1 is 1.07 bits per heavy atom. The predicted octanol–water partition coefficient (Wildman–Crippen LogP) is 6.56. The summed E-state index contributed by atoms with van der Waals surface area (Å²) in [6.07, 6.45) is 2.33. The van der Waals surface area contributed by atoms with Crippen molar-refractivity contribution in [2.24, 2.45) is 10.8 Å². The van der Waals surface area contributed by atoms with Crippen LogP contribution in [0.1, 0.15) is 58.6 Å². The summed E-state index contributed by atoms with van der Waals surface area (Å²) in [6.45, 7) is 15.3. The van der Waals surface area contributed by atoms with E-state index in [1.165, 1.54) is 10.1 Å². The topological polar surface area (TPSA) is 66.0 Å². The molecule has 0 spiro atoms. The molecule has 0 aliphatic carbocycles. The zero-order valence-corrected chi connectivity index (χ0v) is 26.4. The summed E-state index contributed by atoms with van der Waals surface area (Å²) in [5.41, 5.74) is 2.68. The molecule has 0 radical (unpaired) electrons. The number of amides is 1. The number of nitrogens with zero attached hydrogens (tertiary/aromatic N) is 4. The van der Waals surface area contributed by atoms with Crippen molar-refractivity contribution in [3.8, 4) is 0 Å². The lowest BCUT2D eigenvalue weighted by atomic mass is 9.74. The number of piperazine rings is 1. The van der Waals surface area contributed by atoms with E-state index in [2.05, 4.69) is 74.8 Å². The summed E-state index contributed by atoms with van der Waals surface area (Å²) in [5.74, 6) is 0.743. The Balaban J connectivity index is 1.14. The number of rotatable bonds is 9. The van der Waals surface area contributed by atoms with Gasteiger partial charge >= 0.3 is 5.97 Å². The Labute approximate surface area is 252 Å². The molecule has 5 rings (SSSR count). The first-order valence-corrected chi connectivity index (χ1v) is 15.6. The number of carbonyl (C=O) groups is 2. The second kappa shape index (κ2) is 11.9. The molecule has 0 unspecified atom stereocenters. The van der Waals surface area contributed by atoms with Crippen molar-refractivity contribution in [3.05, 3.63) is 52.5 Å². The van der Waals surface area contributed by atoms with Gasteiger partial charge in [-0.15, -0.1) is 0 Å². The highest BCUT2D eigenvalue weighted by Crippen LogP contribution is 2.37. The fourth-order valence-corrected chi connectivity index (χ4v) is 7.46. The van der Waals surface area contributed by atoms with Crippen LogP contribution in [0.25, 0.3) is 10.1 Å². The summed E-state index contributed by atoms with van der Waals surface area (Å²) in [6, 6.07) is 12.3. The van der Waals surface area contributed by atoms with Gasteiger partial charge < -0.3 is 9.64 Å². The van der Waals surface area contributed by atoms with E-state index in [1.807, 2.05) is 6.07 Å². The van der Waals surface area contributed by atoms with Crippen molar-refractivity contribution < 1.29 is 14.3 Å². The molecule has 1 aromatic heterocycles. The third-order valence-corrected chi connectivity index (χ3v) is 9.06. The molecule has 7 nitrogen and oxygen atoms in total. The lowest BCUT2D eigenvalue weighted by Gasteiger charge is -2.35. The molecular formula is C32H41ClN4O3S. The van der Waals surface area contributed by atoms with Gasteiger partial charge in [0.2, 0.25) is 5.91 Å². The third-order valence-electron chi connectivity index (χ3n) is 7.90. The first kappa shape index (κ1) is 29.8. The van der Waals surface area contributed by atoms with Crippen molar-refractivity contribution in [2.45, 2.75) is 60.3 Å². The van der Waals surface area contributed by atoms with Crippen LogP contribution in [-0.2, 0) is 27.2 Å². The maximum Gasteiger partial charge on any atom is 0.308 e. The lowest BCUT2D eigenvalue weighted by molar-refractivity contribution is -0.146. The summed E-state index contributed by atoms with van der Waals surface area (Å²) in [4.78, 5) is 31.8. The second-order valence-electron chi connectivity index (χ2n) is 13.4. The van der Waals surface area contributed by atoms with E-state index in [1.54, 1.807) is 16.4 Å². The second-order valence-corrected chi connectivity index (χ2v) is 14.6. The van der Waals surface area contributed by atoms with E-state index in [-0.39, 0.29) is 29.4 Å². The number of fused-ring (bicyclic) bond motifs is 2. The Morgan fingerprint density at radius 2 is 1.80 bits per heavy atom. The number of esters is 1. The van der Waals surface area contributed by atoms with Crippen molar-refractivity contribution in [1.29, 1.82) is 0 Å². The molecule has 220 valence electrons. The van der Waals surface area contributed by atoms with Gasteiger partial charge in [-0.25, -0.2) is 0 Å². The van der Waals surface area contributed by atoms with Crippen LogP contribution in [-0.4, -0.2) is 60.6 Å². The monoisotopic (exact) mass is 596 g/mol. The number of benzene rings is 2. The van der Waals surface area contributed by atoms with Gasteiger partial charge in [0.25, 0.3) is 0 Å². The SMILES string of the molecule is CC(C)(C)CC(C)(C)CC(=O)OCN1C(=O)Cc2cc(CCN3CCN(c4nsc5ccccc45)CC3)c(Cl)cc21. The van der Waals surface area contributed by atoms with Crippen LogP contribution in [0.15, 0.2) is 36.4 Å². The fraction of sp³-hybridized carbons (Fsp3) is 0.531. The van der Waals surface area contributed by atoms with Gasteiger partial charge in [-0.05, 0) is 64.5 Å². The number of halogens is 1. The molecule has 41 heavy (non-hydrogen) atoms. The molecule has 1 amide bonds. The van der Waals surface area contributed by atoms with Gasteiger partial charge in [0.15, 0.2) is 6.73 Å². The Bertz CT molecular complexity index is 1420. The number of ether oxygens (including phenoxy) is 1. The molecule has 3 heterocycles. The van der Waals surface area contributed by atoms with Gasteiger partial charge in [-0.1, -0.05) is 64.4 Å². The zero-order valence-electron chi connectivity index (χ0n) is 24.8. The normalized spacial score (nSPS) is 16.5. The molecule has 0 atom stereocenters. The van der Waals surface area contributed by atoms with Crippen LogP contribution in [0.4, 0.5) is 11.5 Å². The molecule has 0 N–H and O–H groups in total. The Hall–Kier alpha value is -2.68. The van der Waals surface area contributed by atoms with Gasteiger partial charge in [0.05, 0.1) is 23.2 Å². The molecular weight excluding hydrogens is 556 g/mol. The Kier molecular flexibility index (Phi) is 8.65. The van der Waals surface area contributed by atoms with Crippen LogP contribution in [0.3, 0.4) is 0 Å². The number of hydrogen-bond acceptors (Lipinski definition) is 7. The first-order valence-electron chi connectivity index (χ1n) is 14.5. The summed E-state index contributed by atoms with van der Waals surface area (Å²) < 4.78 is 11.5. The van der Waals surface area contributed by atoms with Gasteiger partial charge in [0.1, 0.15) is 5.82 Å². The van der Waals surface area contributed by atoms with Gasteiger partial charge in [0, 0.05) is 43.1 Å². The van der Waals surface area contributed by atoms with E-state index < -0.39 is 0 Å². The molecule has 3 aromatic rings. The van der Waals surface area contributed by atoms with Crippen molar-refractivity contribution in [1.82, 2.24) is 9.27 Å². The van der Waals surface area contributed by atoms with E-state index >= 15 is 0 Å². The summed E-state index contributed by atoms with van der Waals surface area (Å²) >= 11 is 8.28. The maximum atomic E-state index is 12.8. The highest BCUT2D eigenvalue weighted by atomic mass is 35.5. The molecule has 2 aromatic carbocycles. The van der Waals surface area contributed by atoms with Crippen molar-refractivity contribution in [2.75, 3.05) is 49.3 Å². The minimum atomic E-state index is -0.286. The first-order chi connectivity index (χ1) is 19.4. The molecule has 0 bridgehead atoms. The van der Waals surface area contributed by atoms with Crippen LogP contribution in [0, 0.1) is 10.8 Å². The molecule has 2 aliphatic heterocycles. The molecule has 1 saturated heterocycles. The fourth-order valence-electron chi connectivity index (χ4n) is 6.42. The standard InChI is InChI=1S/C32H41ClN4O3S/c1-31(2,3)20-32(4,5)19-29(39)40-21-37-26-18-25(33)22(16-23(26)17-28(37)38)10-11-35-12-14-36(15-13-35)30-24-8-6-7-9-27(24)41-34-30/h6-9,16,18H,10-15,17,19-21H2,1-5H3. The van der Waals surface area contributed by atoms with Gasteiger partial charge in [-0.2, -0.15) is 4.37 Å². The van der Waals surface area contributed by atoms with E-state index in [0.717, 1.165) is 68.2 Å². The van der Waals surface area contributed by atoms with Crippen LogP contribution < -0.4 is 9.80 Å². The van der Waals surface area contributed by atoms with E-state index in [0.29, 0.717) is 17.9 Å². The quantitative estimate of drug-likeness (QED) is 0.261.